The van der Waals surface area contributed by atoms with Crippen molar-refractivity contribution >= 4 is 55.6 Å². The van der Waals surface area contributed by atoms with E-state index in [-0.39, 0.29) is 22.1 Å². The summed E-state index contributed by atoms with van der Waals surface area (Å²) < 4.78 is 24.5. The van der Waals surface area contributed by atoms with Crippen LogP contribution in [0.5, 0.6) is 5.75 Å². The Morgan fingerprint density at radius 2 is 1.96 bits per heavy atom. The van der Waals surface area contributed by atoms with E-state index in [4.69, 9.17) is 11.6 Å². The summed E-state index contributed by atoms with van der Waals surface area (Å²) in [6, 6.07) is 8.52. The van der Waals surface area contributed by atoms with Crippen LogP contribution in [-0.2, 0) is 9.84 Å². The predicted molar refractivity (Wildman–Crippen MR) is 98.0 cm³/mol. The van der Waals surface area contributed by atoms with E-state index in [0.717, 1.165) is 0 Å². The normalized spacial score (nSPS) is 11.3. The predicted octanol–water partition coefficient (Wildman–Crippen LogP) is 3.70. The molecule has 23 heavy (non-hydrogen) atoms. The summed E-state index contributed by atoms with van der Waals surface area (Å²) in [5.74, 6) is -0.751. The lowest BCUT2D eigenvalue weighted by molar-refractivity contribution is 0.102. The van der Waals surface area contributed by atoms with Gasteiger partial charge >= 0.3 is 0 Å². The van der Waals surface area contributed by atoms with Gasteiger partial charge in [-0.3, -0.25) is 4.79 Å². The average Bonchev–Trinajstić information content (AvgIpc) is 2.51. The zero-order valence-electron chi connectivity index (χ0n) is 12.0. The number of nitrogens with one attached hydrogen (secondary N) is 1. The summed E-state index contributed by atoms with van der Waals surface area (Å²) in [7, 11) is -3.43. The Morgan fingerprint density at radius 3 is 2.57 bits per heavy atom. The number of hydrogen-bond acceptors (Lipinski definition) is 4. The van der Waals surface area contributed by atoms with E-state index in [0.29, 0.717) is 14.2 Å². The van der Waals surface area contributed by atoms with E-state index < -0.39 is 15.7 Å². The van der Waals surface area contributed by atoms with Crippen molar-refractivity contribution in [3.8, 4) is 5.75 Å². The SMILES string of the molecule is CCS(=O)(=O)c1ccc(O)c(NC(=O)c2ccc(Cl)c(I)c2)c1. The average molecular weight is 466 g/mol. The van der Waals surface area contributed by atoms with Crippen molar-refractivity contribution in [2.24, 2.45) is 0 Å². The maximum atomic E-state index is 12.2. The maximum absolute atomic E-state index is 12.2. The van der Waals surface area contributed by atoms with Crippen molar-refractivity contribution in [2.45, 2.75) is 11.8 Å². The molecule has 0 fully saturated rings. The largest absolute Gasteiger partial charge is 0.506 e. The highest BCUT2D eigenvalue weighted by atomic mass is 127. The third-order valence-corrected chi connectivity index (χ3v) is 6.41. The summed E-state index contributed by atoms with van der Waals surface area (Å²) >= 11 is 7.91. The van der Waals surface area contributed by atoms with Gasteiger partial charge in [0.05, 0.1) is 21.4 Å². The molecule has 2 N–H and O–H groups in total. The van der Waals surface area contributed by atoms with E-state index in [2.05, 4.69) is 5.32 Å². The fraction of sp³-hybridized carbons (Fsp3) is 0.133. The number of hydrogen-bond donors (Lipinski definition) is 2. The first-order valence-corrected chi connectivity index (χ1v) is 9.67. The van der Waals surface area contributed by atoms with Crippen LogP contribution in [-0.4, -0.2) is 25.2 Å². The van der Waals surface area contributed by atoms with Crippen LogP contribution >= 0.6 is 34.2 Å². The van der Waals surface area contributed by atoms with Crippen LogP contribution in [0.3, 0.4) is 0 Å². The van der Waals surface area contributed by atoms with Crippen molar-refractivity contribution in [2.75, 3.05) is 11.1 Å². The van der Waals surface area contributed by atoms with Crippen LogP contribution in [0.4, 0.5) is 5.69 Å². The molecule has 0 spiro atoms. The third-order valence-electron chi connectivity index (χ3n) is 3.14. The Kier molecular flexibility index (Phi) is 5.53. The highest BCUT2D eigenvalue weighted by molar-refractivity contribution is 14.1. The first-order chi connectivity index (χ1) is 10.7. The number of carbonyl (C=O) groups excluding carboxylic acids is 1. The maximum Gasteiger partial charge on any atom is 0.255 e. The van der Waals surface area contributed by atoms with E-state index in [9.17, 15) is 18.3 Å². The van der Waals surface area contributed by atoms with E-state index in [1.807, 2.05) is 22.6 Å². The number of anilines is 1. The molecular formula is C15H13ClINO4S. The zero-order chi connectivity index (χ0) is 17.2. The molecule has 0 aliphatic heterocycles. The summed E-state index contributed by atoms with van der Waals surface area (Å²) in [6.45, 7) is 1.52. The lowest BCUT2D eigenvalue weighted by atomic mass is 10.2. The number of amides is 1. The molecule has 0 heterocycles. The molecule has 0 saturated carbocycles. The molecule has 0 aliphatic carbocycles. The zero-order valence-corrected chi connectivity index (χ0v) is 15.7. The van der Waals surface area contributed by atoms with Gasteiger partial charge in [-0.1, -0.05) is 18.5 Å². The minimum atomic E-state index is -3.43. The van der Waals surface area contributed by atoms with Gasteiger partial charge in [-0.15, -0.1) is 0 Å². The molecule has 0 bridgehead atoms. The Hall–Kier alpha value is -1.32. The summed E-state index contributed by atoms with van der Waals surface area (Å²) in [4.78, 5) is 12.3. The molecule has 122 valence electrons. The second kappa shape index (κ2) is 7.06. The van der Waals surface area contributed by atoms with Gasteiger partial charge in [-0.2, -0.15) is 0 Å². The summed E-state index contributed by atoms with van der Waals surface area (Å²) in [5.41, 5.74) is 0.386. The molecule has 8 heteroatoms. The Morgan fingerprint density at radius 1 is 1.26 bits per heavy atom. The number of benzene rings is 2. The van der Waals surface area contributed by atoms with Gasteiger partial charge in [0.1, 0.15) is 5.75 Å². The second-order valence-corrected chi connectivity index (χ2v) is 8.51. The summed E-state index contributed by atoms with van der Waals surface area (Å²) in [6.07, 6.45) is 0. The molecule has 0 atom stereocenters. The fourth-order valence-corrected chi connectivity index (χ4v) is 3.35. The molecule has 5 nitrogen and oxygen atoms in total. The molecule has 0 radical (unpaired) electrons. The monoisotopic (exact) mass is 465 g/mol. The van der Waals surface area contributed by atoms with Crippen LogP contribution in [0.25, 0.3) is 0 Å². The Bertz CT molecular complexity index is 868. The number of sulfone groups is 1. The molecule has 0 saturated heterocycles. The van der Waals surface area contributed by atoms with Crippen molar-refractivity contribution in [1.82, 2.24) is 0 Å². The quantitative estimate of drug-likeness (QED) is 0.533. The van der Waals surface area contributed by atoms with Crippen LogP contribution in [0.1, 0.15) is 17.3 Å². The third kappa shape index (κ3) is 4.15. The van der Waals surface area contributed by atoms with Crippen molar-refractivity contribution in [3.63, 3.8) is 0 Å². The van der Waals surface area contributed by atoms with Gasteiger partial charge in [-0.25, -0.2) is 8.42 Å². The first-order valence-electron chi connectivity index (χ1n) is 6.57. The molecule has 0 aromatic heterocycles. The number of carbonyl (C=O) groups is 1. The number of phenolic OH excluding ortho intramolecular Hbond substituents is 1. The number of rotatable bonds is 4. The second-order valence-electron chi connectivity index (χ2n) is 4.67. The van der Waals surface area contributed by atoms with E-state index in [1.165, 1.54) is 25.1 Å². The van der Waals surface area contributed by atoms with Gasteiger partial charge in [-0.05, 0) is 59.0 Å². The minimum Gasteiger partial charge on any atom is -0.506 e. The van der Waals surface area contributed by atoms with Crippen LogP contribution in [0.15, 0.2) is 41.3 Å². The van der Waals surface area contributed by atoms with Crippen molar-refractivity contribution < 1.29 is 18.3 Å². The molecule has 1 amide bonds. The minimum absolute atomic E-state index is 0.0366. The molecule has 0 aliphatic rings. The molecule has 2 rings (SSSR count). The van der Waals surface area contributed by atoms with Gasteiger partial charge in [0.25, 0.3) is 5.91 Å². The number of phenols is 1. The molecular weight excluding hydrogens is 453 g/mol. The van der Waals surface area contributed by atoms with E-state index in [1.54, 1.807) is 18.2 Å². The smallest absolute Gasteiger partial charge is 0.255 e. The highest BCUT2D eigenvalue weighted by Gasteiger charge is 2.16. The van der Waals surface area contributed by atoms with Gasteiger partial charge in [0.15, 0.2) is 9.84 Å². The number of halogens is 2. The fourth-order valence-electron chi connectivity index (χ4n) is 1.81. The number of aromatic hydroxyl groups is 1. The van der Waals surface area contributed by atoms with Crippen molar-refractivity contribution in [3.05, 3.63) is 50.6 Å². The molecule has 2 aromatic rings. The Balaban J connectivity index is 2.34. The van der Waals surface area contributed by atoms with Gasteiger partial charge in [0, 0.05) is 9.13 Å². The van der Waals surface area contributed by atoms with E-state index >= 15 is 0 Å². The topological polar surface area (TPSA) is 83.5 Å². The standard InChI is InChI=1S/C15H13ClINO4S/c1-2-23(21,22)10-4-6-14(19)13(8-10)18-15(20)9-3-5-11(16)12(17)7-9/h3-8,19H,2H2,1H3,(H,18,20). The van der Waals surface area contributed by atoms with Crippen LogP contribution in [0, 0.1) is 3.57 Å². The van der Waals surface area contributed by atoms with Gasteiger partial charge < -0.3 is 10.4 Å². The van der Waals surface area contributed by atoms with Crippen LogP contribution in [0.2, 0.25) is 5.02 Å². The van der Waals surface area contributed by atoms with Gasteiger partial charge in [0.2, 0.25) is 0 Å². The first kappa shape index (κ1) is 18.0. The lowest BCUT2D eigenvalue weighted by Crippen LogP contribution is -2.13. The molecule has 0 unspecified atom stereocenters. The summed E-state index contributed by atoms with van der Waals surface area (Å²) in [5, 5.41) is 12.9. The lowest BCUT2D eigenvalue weighted by Gasteiger charge is -2.10. The van der Waals surface area contributed by atoms with Crippen LogP contribution < -0.4 is 5.32 Å². The highest BCUT2D eigenvalue weighted by Crippen LogP contribution is 2.28. The molecule has 2 aromatic carbocycles. The Labute approximate surface area is 152 Å². The van der Waals surface area contributed by atoms with Crippen molar-refractivity contribution in [1.29, 1.82) is 0 Å².